The Labute approximate surface area is 158 Å². The van der Waals surface area contributed by atoms with E-state index in [1.165, 1.54) is 0 Å². The van der Waals surface area contributed by atoms with Crippen LogP contribution in [0, 0.1) is 11.3 Å². The molecule has 0 saturated heterocycles. The molecule has 0 radical (unpaired) electrons. The summed E-state index contributed by atoms with van der Waals surface area (Å²) in [5.41, 5.74) is 2.49. The van der Waals surface area contributed by atoms with Crippen LogP contribution in [0.1, 0.15) is 11.1 Å². The Bertz CT molecular complexity index is 1150. The topological polar surface area (TPSA) is 33.0 Å². The summed E-state index contributed by atoms with van der Waals surface area (Å²) in [5.74, 6) is 1.53. The van der Waals surface area contributed by atoms with Crippen LogP contribution in [-0.2, 0) is 0 Å². The fourth-order valence-electron chi connectivity index (χ4n) is 3.09. The number of nitrogens with zero attached hydrogens (tertiary/aromatic N) is 1. The van der Waals surface area contributed by atoms with Crippen LogP contribution in [0.2, 0.25) is 0 Å². The highest BCUT2D eigenvalue weighted by Gasteiger charge is 2.06. The largest absolute Gasteiger partial charge is 0.457 e. The summed E-state index contributed by atoms with van der Waals surface area (Å²) in [6.45, 7) is 0. The molecule has 0 heterocycles. The van der Waals surface area contributed by atoms with Crippen molar-refractivity contribution in [1.29, 1.82) is 5.26 Å². The van der Waals surface area contributed by atoms with E-state index in [1.54, 1.807) is 0 Å². The molecule has 0 spiro atoms. The molecule has 4 aromatic rings. The number of nitriles is 1. The minimum Gasteiger partial charge on any atom is -0.457 e. The molecule has 0 aliphatic heterocycles. The highest BCUT2D eigenvalue weighted by molar-refractivity contribution is 6.01. The van der Waals surface area contributed by atoms with Crippen LogP contribution in [0.5, 0.6) is 11.5 Å². The van der Waals surface area contributed by atoms with Crippen molar-refractivity contribution in [3.8, 4) is 17.6 Å². The van der Waals surface area contributed by atoms with Gasteiger partial charge in [-0.3, -0.25) is 0 Å². The number of hydrogen-bond donors (Lipinski definition) is 0. The molecular weight excluding hydrogens is 330 g/mol. The zero-order valence-electron chi connectivity index (χ0n) is 14.7. The molecular formula is C25H17NO. The van der Waals surface area contributed by atoms with Crippen LogP contribution in [0.15, 0.2) is 97.1 Å². The van der Waals surface area contributed by atoms with Crippen molar-refractivity contribution in [3.63, 3.8) is 0 Å². The van der Waals surface area contributed by atoms with Gasteiger partial charge >= 0.3 is 0 Å². The first-order valence-electron chi connectivity index (χ1n) is 8.76. The molecule has 0 bridgehead atoms. The molecule has 4 rings (SSSR count). The molecule has 2 nitrogen and oxygen atoms in total. The second kappa shape index (κ2) is 7.59. The fourth-order valence-corrected chi connectivity index (χ4v) is 3.09. The minimum atomic E-state index is 0.628. The Morgan fingerprint density at radius 2 is 1.44 bits per heavy atom. The molecule has 4 aromatic carbocycles. The Kier molecular flexibility index (Phi) is 4.68. The van der Waals surface area contributed by atoms with Crippen molar-refractivity contribution in [1.82, 2.24) is 0 Å². The normalized spacial score (nSPS) is 11.1. The molecule has 2 heteroatoms. The van der Waals surface area contributed by atoms with E-state index in [2.05, 4.69) is 18.2 Å². The van der Waals surface area contributed by atoms with E-state index in [-0.39, 0.29) is 0 Å². The predicted molar refractivity (Wildman–Crippen MR) is 110 cm³/mol. The lowest BCUT2D eigenvalue weighted by Gasteiger charge is -2.08. The molecule has 128 valence electrons. The standard InChI is InChI=1S/C25H17NO/c26-18-21(25-15-7-10-20-9-4-5-14-24(20)25)16-19-8-6-13-23(17-19)27-22-11-2-1-3-12-22/h1-17H/b21-16-. The van der Waals surface area contributed by atoms with Gasteiger partial charge in [0, 0.05) is 5.56 Å². The first-order valence-corrected chi connectivity index (χ1v) is 8.76. The van der Waals surface area contributed by atoms with Gasteiger partial charge in [0.2, 0.25) is 0 Å². The summed E-state index contributed by atoms with van der Waals surface area (Å²) in [7, 11) is 0. The zero-order valence-corrected chi connectivity index (χ0v) is 14.7. The lowest BCUT2D eigenvalue weighted by molar-refractivity contribution is 0.482. The first kappa shape index (κ1) is 16.6. The van der Waals surface area contributed by atoms with Gasteiger partial charge in [-0.05, 0) is 46.7 Å². The van der Waals surface area contributed by atoms with Crippen molar-refractivity contribution in [2.24, 2.45) is 0 Å². The molecule has 0 fully saturated rings. The van der Waals surface area contributed by atoms with Gasteiger partial charge in [-0.25, -0.2) is 0 Å². The molecule has 0 unspecified atom stereocenters. The summed E-state index contributed by atoms with van der Waals surface area (Å²) < 4.78 is 5.90. The van der Waals surface area contributed by atoms with E-state index in [4.69, 9.17) is 4.74 Å². The lowest BCUT2D eigenvalue weighted by atomic mass is 9.97. The van der Waals surface area contributed by atoms with E-state index in [9.17, 15) is 5.26 Å². The number of benzene rings is 4. The van der Waals surface area contributed by atoms with Crippen molar-refractivity contribution in [2.75, 3.05) is 0 Å². The van der Waals surface area contributed by atoms with E-state index < -0.39 is 0 Å². The molecule has 0 aliphatic rings. The van der Waals surface area contributed by atoms with Crippen LogP contribution >= 0.6 is 0 Å². The summed E-state index contributed by atoms with van der Waals surface area (Å²) in [5, 5.41) is 12.0. The van der Waals surface area contributed by atoms with Crippen molar-refractivity contribution in [2.45, 2.75) is 0 Å². The van der Waals surface area contributed by atoms with Crippen molar-refractivity contribution in [3.05, 3.63) is 108 Å². The molecule has 0 atom stereocenters. The number of ether oxygens (including phenoxy) is 1. The van der Waals surface area contributed by atoms with E-state index >= 15 is 0 Å². The Morgan fingerprint density at radius 1 is 0.741 bits per heavy atom. The highest BCUT2D eigenvalue weighted by Crippen LogP contribution is 2.28. The maximum atomic E-state index is 9.76. The number of rotatable bonds is 4. The average molecular weight is 347 g/mol. The van der Waals surface area contributed by atoms with E-state index in [0.717, 1.165) is 33.4 Å². The predicted octanol–water partition coefficient (Wildman–Crippen LogP) is 6.70. The second-order valence-electron chi connectivity index (χ2n) is 6.18. The third-order valence-electron chi connectivity index (χ3n) is 4.35. The Hall–Kier alpha value is -3.83. The number of para-hydroxylation sites is 1. The minimum absolute atomic E-state index is 0.628. The van der Waals surface area contributed by atoms with Gasteiger partial charge in [0.15, 0.2) is 0 Å². The van der Waals surface area contributed by atoms with Crippen LogP contribution in [0.3, 0.4) is 0 Å². The molecule has 0 N–H and O–H groups in total. The molecule has 0 aromatic heterocycles. The monoisotopic (exact) mass is 347 g/mol. The van der Waals surface area contributed by atoms with E-state index in [0.29, 0.717) is 5.57 Å². The second-order valence-corrected chi connectivity index (χ2v) is 6.18. The van der Waals surface area contributed by atoms with E-state index in [1.807, 2.05) is 91.0 Å². The third-order valence-corrected chi connectivity index (χ3v) is 4.35. The van der Waals surface area contributed by atoms with Gasteiger partial charge in [0.05, 0.1) is 11.6 Å². The average Bonchev–Trinajstić information content (AvgIpc) is 2.73. The van der Waals surface area contributed by atoms with Gasteiger partial charge in [0.1, 0.15) is 11.5 Å². The fraction of sp³-hybridized carbons (Fsp3) is 0. The van der Waals surface area contributed by atoms with Crippen LogP contribution in [0.25, 0.3) is 22.4 Å². The maximum Gasteiger partial charge on any atom is 0.128 e. The summed E-state index contributed by atoms with van der Waals surface area (Å²) in [6, 6.07) is 33.9. The van der Waals surface area contributed by atoms with Crippen LogP contribution in [-0.4, -0.2) is 0 Å². The molecule has 27 heavy (non-hydrogen) atoms. The van der Waals surface area contributed by atoms with Crippen molar-refractivity contribution >= 4 is 22.4 Å². The molecule has 0 saturated carbocycles. The number of fused-ring (bicyclic) bond motifs is 1. The zero-order chi connectivity index (χ0) is 18.5. The summed E-state index contributed by atoms with van der Waals surface area (Å²) in [6.07, 6.45) is 1.90. The van der Waals surface area contributed by atoms with Gasteiger partial charge in [-0.2, -0.15) is 5.26 Å². The van der Waals surface area contributed by atoms with Gasteiger partial charge in [-0.1, -0.05) is 72.8 Å². The lowest BCUT2D eigenvalue weighted by Crippen LogP contribution is -1.87. The molecule has 0 amide bonds. The Morgan fingerprint density at radius 3 is 2.30 bits per heavy atom. The number of allylic oxidation sites excluding steroid dienone is 1. The van der Waals surface area contributed by atoms with Gasteiger partial charge in [-0.15, -0.1) is 0 Å². The van der Waals surface area contributed by atoms with Gasteiger partial charge in [0.25, 0.3) is 0 Å². The Balaban J connectivity index is 1.71. The summed E-state index contributed by atoms with van der Waals surface area (Å²) >= 11 is 0. The van der Waals surface area contributed by atoms with Crippen LogP contribution in [0.4, 0.5) is 0 Å². The van der Waals surface area contributed by atoms with Crippen LogP contribution < -0.4 is 4.74 Å². The quantitative estimate of drug-likeness (QED) is 0.304. The number of hydrogen-bond acceptors (Lipinski definition) is 2. The highest BCUT2D eigenvalue weighted by atomic mass is 16.5. The van der Waals surface area contributed by atoms with Crippen molar-refractivity contribution < 1.29 is 4.74 Å². The third kappa shape index (κ3) is 3.73. The SMILES string of the molecule is N#C/C(=C/c1cccc(Oc2ccccc2)c1)c1cccc2ccccc12. The maximum absolute atomic E-state index is 9.76. The smallest absolute Gasteiger partial charge is 0.128 e. The summed E-state index contributed by atoms with van der Waals surface area (Å²) in [4.78, 5) is 0. The van der Waals surface area contributed by atoms with Gasteiger partial charge < -0.3 is 4.74 Å². The first-order chi connectivity index (χ1) is 13.3. The molecule has 0 aliphatic carbocycles.